The van der Waals surface area contributed by atoms with Crippen molar-refractivity contribution in [1.82, 2.24) is 0 Å². The summed E-state index contributed by atoms with van der Waals surface area (Å²) in [4.78, 5) is 0. The third kappa shape index (κ3) is 1.78. The molecule has 4 unspecified atom stereocenters. The Morgan fingerprint density at radius 2 is 1.46 bits per heavy atom. The van der Waals surface area contributed by atoms with E-state index in [0.717, 1.165) is 29.6 Å². The predicted molar refractivity (Wildman–Crippen MR) is 59.7 cm³/mol. The predicted octanol–water partition coefficient (Wildman–Crippen LogP) is 4.35. The molecule has 0 spiro atoms. The highest BCUT2D eigenvalue weighted by atomic mass is 14.5. The number of hydrogen-bond donors (Lipinski definition) is 0. The van der Waals surface area contributed by atoms with Crippen LogP contribution in [0.3, 0.4) is 0 Å². The molecule has 0 bridgehead atoms. The van der Waals surface area contributed by atoms with Crippen LogP contribution < -0.4 is 0 Å². The zero-order chi connectivity index (χ0) is 10.0. The largest absolute Gasteiger partial charge is 0.0651 e. The van der Waals surface area contributed by atoms with Crippen LogP contribution in [-0.4, -0.2) is 0 Å². The summed E-state index contributed by atoms with van der Waals surface area (Å²) >= 11 is 0. The topological polar surface area (TPSA) is 0 Å². The van der Waals surface area contributed by atoms with E-state index in [2.05, 4.69) is 34.6 Å². The van der Waals surface area contributed by atoms with E-state index in [4.69, 9.17) is 0 Å². The van der Waals surface area contributed by atoms with Gasteiger partial charge in [-0.2, -0.15) is 0 Å². The molecular weight excluding hydrogens is 156 g/mol. The third-order valence-corrected chi connectivity index (χ3v) is 4.67. The van der Waals surface area contributed by atoms with Crippen molar-refractivity contribution < 1.29 is 0 Å². The van der Waals surface area contributed by atoms with Gasteiger partial charge < -0.3 is 0 Å². The molecule has 0 heteroatoms. The Balaban J connectivity index is 2.57. The van der Waals surface area contributed by atoms with Gasteiger partial charge in [0.15, 0.2) is 0 Å². The zero-order valence-corrected chi connectivity index (χ0v) is 10.0. The van der Waals surface area contributed by atoms with Gasteiger partial charge in [-0.1, -0.05) is 53.9 Å². The van der Waals surface area contributed by atoms with Crippen molar-refractivity contribution in [2.45, 2.75) is 53.9 Å². The maximum Gasteiger partial charge on any atom is -0.0327 e. The van der Waals surface area contributed by atoms with Gasteiger partial charge in [0.05, 0.1) is 0 Å². The van der Waals surface area contributed by atoms with Crippen LogP contribution in [0.2, 0.25) is 0 Å². The molecule has 0 aromatic carbocycles. The van der Waals surface area contributed by atoms with Crippen molar-refractivity contribution >= 4 is 0 Å². The van der Waals surface area contributed by atoms with Crippen LogP contribution in [0.4, 0.5) is 0 Å². The first-order chi connectivity index (χ1) is 6.17. The molecule has 0 amide bonds. The van der Waals surface area contributed by atoms with Crippen molar-refractivity contribution in [3.63, 3.8) is 0 Å². The summed E-state index contributed by atoms with van der Waals surface area (Å²) in [5.74, 6) is 5.02. The summed E-state index contributed by atoms with van der Waals surface area (Å²) in [5.41, 5.74) is 0. The Morgan fingerprint density at radius 1 is 0.923 bits per heavy atom. The summed E-state index contributed by atoms with van der Waals surface area (Å²) in [6.07, 6.45) is 4.16. The van der Waals surface area contributed by atoms with Gasteiger partial charge in [-0.3, -0.25) is 0 Å². The molecule has 0 aromatic heterocycles. The quantitative estimate of drug-likeness (QED) is 0.606. The lowest BCUT2D eigenvalue weighted by molar-refractivity contribution is -0.0439. The minimum atomic E-state index is 0.981. The zero-order valence-electron chi connectivity index (χ0n) is 10.0. The molecule has 0 saturated heterocycles. The van der Waals surface area contributed by atoms with Gasteiger partial charge in [-0.25, -0.2) is 0 Å². The van der Waals surface area contributed by atoms with Crippen molar-refractivity contribution in [1.29, 1.82) is 0 Å². The van der Waals surface area contributed by atoms with Crippen molar-refractivity contribution in [2.75, 3.05) is 0 Å². The molecule has 78 valence electrons. The molecule has 13 heavy (non-hydrogen) atoms. The van der Waals surface area contributed by atoms with Crippen molar-refractivity contribution in [3.05, 3.63) is 0 Å². The van der Waals surface area contributed by atoms with Crippen LogP contribution in [0.5, 0.6) is 0 Å². The molecule has 1 fully saturated rings. The van der Waals surface area contributed by atoms with E-state index in [0.29, 0.717) is 0 Å². The van der Waals surface area contributed by atoms with E-state index in [-0.39, 0.29) is 0 Å². The lowest BCUT2D eigenvalue weighted by atomic mass is 9.52. The van der Waals surface area contributed by atoms with E-state index in [9.17, 15) is 0 Å². The third-order valence-electron chi connectivity index (χ3n) is 4.67. The smallest absolute Gasteiger partial charge is 0.0327 e. The molecule has 0 aliphatic heterocycles. The number of hydrogen-bond acceptors (Lipinski definition) is 0. The van der Waals surface area contributed by atoms with Crippen LogP contribution in [0, 0.1) is 29.6 Å². The van der Waals surface area contributed by atoms with Gasteiger partial charge in [-0.15, -0.1) is 0 Å². The van der Waals surface area contributed by atoms with Crippen LogP contribution >= 0.6 is 0 Å². The fourth-order valence-corrected chi connectivity index (χ4v) is 3.59. The average Bonchev–Trinajstić information content (AvgIpc) is 2.17. The Hall–Kier alpha value is 0. The van der Waals surface area contributed by atoms with E-state index in [1.54, 1.807) is 0 Å². The molecule has 1 aliphatic rings. The van der Waals surface area contributed by atoms with Crippen LogP contribution in [0.25, 0.3) is 0 Å². The highest BCUT2D eigenvalue weighted by Gasteiger charge is 2.46. The Bertz CT molecular complexity index is 139. The molecule has 0 radical (unpaired) electrons. The fraction of sp³-hybridized carbons (Fsp3) is 1.00. The van der Waals surface area contributed by atoms with E-state index in [1.807, 2.05) is 0 Å². The van der Waals surface area contributed by atoms with Gasteiger partial charge in [0, 0.05) is 0 Å². The fourth-order valence-electron chi connectivity index (χ4n) is 3.59. The Morgan fingerprint density at radius 3 is 1.85 bits per heavy atom. The summed E-state index contributed by atoms with van der Waals surface area (Å²) in [6, 6.07) is 0. The molecule has 1 aliphatic carbocycles. The maximum atomic E-state index is 2.46. The molecule has 1 saturated carbocycles. The van der Waals surface area contributed by atoms with Gasteiger partial charge in [0.1, 0.15) is 0 Å². The summed E-state index contributed by atoms with van der Waals surface area (Å²) < 4.78 is 0. The van der Waals surface area contributed by atoms with Crippen molar-refractivity contribution in [2.24, 2.45) is 29.6 Å². The average molecular weight is 182 g/mol. The Labute approximate surface area is 84.1 Å². The normalized spacial score (nSPS) is 39.2. The molecule has 1 rings (SSSR count). The standard InChI is InChI=1S/C13H26/c1-6-11(7-2)13-10(5)9(4)12(13)8-3/h9-13H,6-8H2,1-5H3. The van der Waals surface area contributed by atoms with E-state index in [1.165, 1.54) is 19.3 Å². The second-order valence-electron chi connectivity index (χ2n) is 4.94. The van der Waals surface area contributed by atoms with E-state index >= 15 is 0 Å². The summed E-state index contributed by atoms with van der Waals surface area (Å²) in [6.45, 7) is 12.0. The first-order valence-corrected chi connectivity index (χ1v) is 6.17. The van der Waals surface area contributed by atoms with Gasteiger partial charge in [0.25, 0.3) is 0 Å². The highest BCUT2D eigenvalue weighted by Crippen LogP contribution is 2.52. The molecule has 0 aromatic rings. The minimum absolute atomic E-state index is 0.981. The first kappa shape index (κ1) is 11.1. The Kier molecular flexibility index (Phi) is 3.82. The SMILES string of the molecule is CCC(CC)C1C(C)C(C)C1CC. The van der Waals surface area contributed by atoms with Gasteiger partial charge in [0.2, 0.25) is 0 Å². The maximum absolute atomic E-state index is 2.46. The molecule has 0 nitrogen and oxygen atoms in total. The second-order valence-corrected chi connectivity index (χ2v) is 4.94. The summed E-state index contributed by atoms with van der Waals surface area (Å²) in [5, 5.41) is 0. The summed E-state index contributed by atoms with van der Waals surface area (Å²) in [7, 11) is 0. The van der Waals surface area contributed by atoms with Crippen LogP contribution in [0.1, 0.15) is 53.9 Å². The monoisotopic (exact) mass is 182 g/mol. The second kappa shape index (κ2) is 4.48. The van der Waals surface area contributed by atoms with Gasteiger partial charge >= 0.3 is 0 Å². The minimum Gasteiger partial charge on any atom is -0.0651 e. The lowest BCUT2D eigenvalue weighted by Gasteiger charge is -2.53. The molecule has 4 atom stereocenters. The first-order valence-electron chi connectivity index (χ1n) is 6.17. The van der Waals surface area contributed by atoms with Crippen LogP contribution in [0.15, 0.2) is 0 Å². The highest BCUT2D eigenvalue weighted by molar-refractivity contribution is 4.94. The van der Waals surface area contributed by atoms with E-state index < -0.39 is 0 Å². The van der Waals surface area contributed by atoms with Gasteiger partial charge in [-0.05, 0) is 29.6 Å². The van der Waals surface area contributed by atoms with Crippen LogP contribution in [-0.2, 0) is 0 Å². The molecule has 0 N–H and O–H groups in total. The number of rotatable bonds is 4. The molecule has 0 heterocycles. The molecular formula is C13H26. The van der Waals surface area contributed by atoms with Crippen molar-refractivity contribution in [3.8, 4) is 0 Å². The lowest BCUT2D eigenvalue weighted by Crippen LogP contribution is -2.47.